The summed E-state index contributed by atoms with van der Waals surface area (Å²) in [7, 11) is 0. The van der Waals surface area contributed by atoms with Gasteiger partial charge in [0.25, 0.3) is 0 Å². The van der Waals surface area contributed by atoms with Crippen LogP contribution in [0, 0.1) is 5.82 Å². The molecule has 0 spiro atoms. The number of carboxylic acids is 1. The molecular formula is C15H20FN3O3. The minimum atomic E-state index is -0.942. The molecule has 2 aliphatic rings. The molecule has 0 bridgehead atoms. The number of carbonyl (C=O) groups is 1. The molecule has 1 unspecified atom stereocenters. The first kappa shape index (κ1) is 15.2. The van der Waals surface area contributed by atoms with Crippen molar-refractivity contribution >= 4 is 11.7 Å². The number of nitrogens with zero attached hydrogens (tertiary/aromatic N) is 2. The highest BCUT2D eigenvalue weighted by Gasteiger charge is 2.39. The van der Waals surface area contributed by atoms with Crippen molar-refractivity contribution in [1.82, 2.24) is 10.2 Å². The maximum absolute atomic E-state index is 14.1. The van der Waals surface area contributed by atoms with Crippen molar-refractivity contribution in [2.24, 2.45) is 0 Å². The van der Waals surface area contributed by atoms with Gasteiger partial charge < -0.3 is 20.4 Å². The number of nitrogens with one attached hydrogen (secondary N) is 1. The Kier molecular flexibility index (Phi) is 4.28. The lowest BCUT2D eigenvalue weighted by Crippen LogP contribution is -2.51. The fourth-order valence-electron chi connectivity index (χ4n) is 3.15. The minimum absolute atomic E-state index is 0.0931. The molecule has 0 saturated carbocycles. The maximum Gasteiger partial charge on any atom is 0.303 e. The summed E-state index contributed by atoms with van der Waals surface area (Å²) >= 11 is 0. The second kappa shape index (κ2) is 6.20. The highest BCUT2D eigenvalue weighted by molar-refractivity contribution is 5.67. The Labute approximate surface area is 128 Å². The summed E-state index contributed by atoms with van der Waals surface area (Å²) in [5.41, 5.74) is 1.01. The standard InChI is InChI=1S/C15H20FN3O3/c16-13-7-11(3-1-10(13)2-4-14(20)21)19-9-12-8-17-5-6-18(12)15(19)22/h1,3,7,12,15,17,22H,2,4-6,8-9H2,(H,20,21)/t12-,15?/m0/s1. The summed E-state index contributed by atoms with van der Waals surface area (Å²) in [4.78, 5) is 14.4. The van der Waals surface area contributed by atoms with Crippen LogP contribution in [0.1, 0.15) is 12.0 Å². The summed E-state index contributed by atoms with van der Waals surface area (Å²) < 4.78 is 14.1. The highest BCUT2D eigenvalue weighted by Crippen LogP contribution is 2.28. The molecule has 2 aliphatic heterocycles. The Balaban J connectivity index is 1.75. The first-order valence-electron chi connectivity index (χ1n) is 7.47. The van der Waals surface area contributed by atoms with Gasteiger partial charge in [-0.25, -0.2) is 4.39 Å². The van der Waals surface area contributed by atoms with Crippen LogP contribution in [0.3, 0.4) is 0 Å². The van der Waals surface area contributed by atoms with Gasteiger partial charge in [-0.05, 0) is 24.1 Å². The number of benzene rings is 1. The van der Waals surface area contributed by atoms with Gasteiger partial charge in [-0.2, -0.15) is 0 Å². The van der Waals surface area contributed by atoms with E-state index in [1.807, 2.05) is 4.90 Å². The number of aliphatic hydroxyl groups is 1. The fraction of sp³-hybridized carbons (Fsp3) is 0.533. The Hall–Kier alpha value is -1.70. The number of piperazine rings is 1. The molecule has 6 nitrogen and oxygen atoms in total. The number of anilines is 1. The number of carboxylic acid groups (broad SMARTS) is 1. The van der Waals surface area contributed by atoms with Gasteiger partial charge in [0.15, 0.2) is 6.35 Å². The molecule has 3 N–H and O–H groups in total. The van der Waals surface area contributed by atoms with Crippen molar-refractivity contribution in [3.63, 3.8) is 0 Å². The van der Waals surface area contributed by atoms with Crippen LogP contribution in [0.25, 0.3) is 0 Å². The normalized spacial score (nSPS) is 25.3. The predicted molar refractivity (Wildman–Crippen MR) is 79.1 cm³/mol. The van der Waals surface area contributed by atoms with Gasteiger partial charge in [-0.15, -0.1) is 0 Å². The number of aryl methyl sites for hydroxylation is 1. The molecule has 0 amide bonds. The molecular weight excluding hydrogens is 289 g/mol. The van der Waals surface area contributed by atoms with Crippen molar-refractivity contribution in [2.75, 3.05) is 31.1 Å². The number of aliphatic carboxylic acids is 1. The summed E-state index contributed by atoms with van der Waals surface area (Å²) in [5.74, 6) is -1.36. The molecule has 1 aromatic carbocycles. The van der Waals surface area contributed by atoms with Crippen LogP contribution in [-0.2, 0) is 11.2 Å². The topological polar surface area (TPSA) is 76.0 Å². The molecule has 1 aromatic rings. The van der Waals surface area contributed by atoms with Crippen LogP contribution in [-0.4, -0.2) is 59.7 Å². The van der Waals surface area contributed by atoms with Crippen LogP contribution >= 0.6 is 0 Å². The van der Waals surface area contributed by atoms with E-state index in [-0.39, 0.29) is 18.9 Å². The van der Waals surface area contributed by atoms with Crippen LogP contribution < -0.4 is 10.2 Å². The Morgan fingerprint density at radius 1 is 1.45 bits per heavy atom. The number of hydrogen-bond acceptors (Lipinski definition) is 5. The average Bonchev–Trinajstić information content (AvgIpc) is 2.83. The third-order valence-corrected chi connectivity index (χ3v) is 4.36. The van der Waals surface area contributed by atoms with E-state index in [4.69, 9.17) is 5.11 Å². The van der Waals surface area contributed by atoms with E-state index in [9.17, 15) is 14.3 Å². The SMILES string of the molecule is O=C(O)CCc1ccc(N2C[C@@H]3CNCCN3C2O)cc1F. The van der Waals surface area contributed by atoms with Crippen molar-refractivity contribution in [3.05, 3.63) is 29.6 Å². The zero-order valence-electron chi connectivity index (χ0n) is 12.2. The van der Waals surface area contributed by atoms with Crippen LogP contribution in [0.2, 0.25) is 0 Å². The predicted octanol–water partition coefficient (Wildman–Crippen LogP) is 0.213. The molecule has 2 atom stereocenters. The number of rotatable bonds is 4. The van der Waals surface area contributed by atoms with Gasteiger partial charge in [0.2, 0.25) is 0 Å². The van der Waals surface area contributed by atoms with Gasteiger partial charge in [0.05, 0.1) is 0 Å². The first-order valence-corrected chi connectivity index (χ1v) is 7.47. The second-order valence-electron chi connectivity index (χ2n) is 5.76. The molecule has 2 fully saturated rings. The summed E-state index contributed by atoms with van der Waals surface area (Å²) in [5, 5.41) is 22.4. The van der Waals surface area contributed by atoms with Gasteiger partial charge in [-0.1, -0.05) is 6.07 Å². The van der Waals surface area contributed by atoms with Gasteiger partial charge in [0.1, 0.15) is 5.82 Å². The number of fused-ring (bicyclic) bond motifs is 1. The van der Waals surface area contributed by atoms with E-state index >= 15 is 0 Å². The van der Waals surface area contributed by atoms with E-state index in [0.29, 0.717) is 17.8 Å². The molecule has 22 heavy (non-hydrogen) atoms. The smallest absolute Gasteiger partial charge is 0.303 e. The number of halogens is 1. The summed E-state index contributed by atoms with van der Waals surface area (Å²) in [6.45, 7) is 3.06. The Bertz CT molecular complexity index is 569. The lowest BCUT2D eigenvalue weighted by molar-refractivity contribution is -0.136. The summed E-state index contributed by atoms with van der Waals surface area (Å²) in [6.07, 6.45) is -0.663. The lowest BCUT2D eigenvalue weighted by atomic mass is 10.1. The molecule has 0 aliphatic carbocycles. The van der Waals surface area contributed by atoms with Gasteiger partial charge in [-0.3, -0.25) is 9.69 Å². The van der Waals surface area contributed by atoms with Crippen molar-refractivity contribution in [1.29, 1.82) is 0 Å². The molecule has 7 heteroatoms. The number of aliphatic hydroxyl groups excluding tert-OH is 1. The molecule has 0 radical (unpaired) electrons. The van der Waals surface area contributed by atoms with Crippen molar-refractivity contribution in [3.8, 4) is 0 Å². The lowest BCUT2D eigenvalue weighted by Gasteiger charge is -2.31. The first-order chi connectivity index (χ1) is 10.6. The third kappa shape index (κ3) is 2.92. The quantitative estimate of drug-likeness (QED) is 0.738. The largest absolute Gasteiger partial charge is 0.481 e. The second-order valence-corrected chi connectivity index (χ2v) is 5.76. The molecule has 2 heterocycles. The van der Waals surface area contributed by atoms with E-state index in [1.54, 1.807) is 17.0 Å². The van der Waals surface area contributed by atoms with Crippen molar-refractivity contribution < 1.29 is 19.4 Å². The van der Waals surface area contributed by atoms with Crippen LogP contribution in [0.15, 0.2) is 18.2 Å². The Morgan fingerprint density at radius 2 is 2.27 bits per heavy atom. The van der Waals surface area contributed by atoms with Crippen LogP contribution in [0.5, 0.6) is 0 Å². The van der Waals surface area contributed by atoms with Crippen LogP contribution in [0.4, 0.5) is 10.1 Å². The molecule has 2 saturated heterocycles. The zero-order valence-corrected chi connectivity index (χ0v) is 12.2. The van der Waals surface area contributed by atoms with E-state index < -0.39 is 18.1 Å². The summed E-state index contributed by atoms with van der Waals surface area (Å²) in [6, 6.07) is 4.95. The molecule has 120 valence electrons. The van der Waals surface area contributed by atoms with E-state index in [1.165, 1.54) is 6.07 Å². The molecule has 3 rings (SSSR count). The van der Waals surface area contributed by atoms with Crippen molar-refractivity contribution in [2.45, 2.75) is 25.2 Å². The highest BCUT2D eigenvalue weighted by atomic mass is 19.1. The Morgan fingerprint density at radius 3 is 2.95 bits per heavy atom. The average molecular weight is 309 g/mol. The van der Waals surface area contributed by atoms with Gasteiger partial charge in [0, 0.05) is 44.3 Å². The zero-order chi connectivity index (χ0) is 15.7. The van der Waals surface area contributed by atoms with E-state index in [0.717, 1.165) is 19.6 Å². The fourth-order valence-corrected chi connectivity index (χ4v) is 3.15. The third-order valence-electron chi connectivity index (χ3n) is 4.36. The number of hydrogen-bond donors (Lipinski definition) is 3. The molecule has 0 aromatic heterocycles. The monoisotopic (exact) mass is 309 g/mol. The van der Waals surface area contributed by atoms with Gasteiger partial charge >= 0.3 is 5.97 Å². The van der Waals surface area contributed by atoms with E-state index in [2.05, 4.69) is 5.32 Å². The maximum atomic E-state index is 14.1. The minimum Gasteiger partial charge on any atom is -0.481 e.